The number of ether oxygens (including phenoxy) is 1. The average molecular weight is 395 g/mol. The minimum atomic E-state index is -1.63. The van der Waals surface area contributed by atoms with Crippen LogP contribution >= 0.6 is 0 Å². The monoisotopic (exact) mass is 395 g/mol. The molecule has 6 N–H and O–H groups in total. The number of hydrogen-bond donors (Lipinski definition) is 6. The first kappa shape index (κ1) is 21.8. The van der Waals surface area contributed by atoms with Gasteiger partial charge in [0, 0.05) is 25.9 Å². The lowest BCUT2D eigenvalue weighted by Gasteiger charge is -2.39. The summed E-state index contributed by atoms with van der Waals surface area (Å²) in [6, 6.07) is 6.41. The highest BCUT2D eigenvalue weighted by molar-refractivity contribution is 6.02. The fourth-order valence-corrected chi connectivity index (χ4v) is 2.60. The van der Waals surface area contributed by atoms with Crippen LogP contribution in [-0.2, 0) is 9.53 Å². The van der Waals surface area contributed by atoms with Crippen molar-refractivity contribution in [3.63, 3.8) is 0 Å². The second kappa shape index (κ2) is 9.62. The van der Waals surface area contributed by atoms with Gasteiger partial charge in [-0.2, -0.15) is 0 Å². The molecule has 1 aromatic carbocycles. The van der Waals surface area contributed by atoms with E-state index in [1.165, 1.54) is 6.08 Å². The second-order valence-corrected chi connectivity index (χ2v) is 6.53. The van der Waals surface area contributed by atoms with Crippen LogP contribution in [0.1, 0.15) is 5.56 Å². The maximum absolute atomic E-state index is 11.9. The summed E-state index contributed by atoms with van der Waals surface area (Å²) in [6.45, 7) is -0.626. The van der Waals surface area contributed by atoms with E-state index >= 15 is 0 Å². The molecule has 5 atom stereocenters. The molecule has 0 aliphatic carbocycles. The molecule has 1 aliphatic heterocycles. The number of imide groups is 1. The molecule has 5 unspecified atom stereocenters. The molecule has 1 aliphatic rings. The van der Waals surface area contributed by atoms with Gasteiger partial charge in [-0.3, -0.25) is 10.1 Å². The van der Waals surface area contributed by atoms with Gasteiger partial charge in [-0.05, 0) is 23.8 Å². The van der Waals surface area contributed by atoms with Crippen molar-refractivity contribution in [1.82, 2.24) is 10.6 Å². The Hall–Kier alpha value is -2.50. The molecule has 0 saturated carbocycles. The summed E-state index contributed by atoms with van der Waals surface area (Å²) >= 11 is 0. The maximum Gasteiger partial charge on any atom is 0.323 e. The zero-order valence-electron chi connectivity index (χ0n) is 15.5. The lowest BCUT2D eigenvalue weighted by Crippen LogP contribution is -2.64. The molecule has 3 amide bonds. The summed E-state index contributed by atoms with van der Waals surface area (Å²) in [5, 5.41) is 42.5. The van der Waals surface area contributed by atoms with E-state index in [9.17, 15) is 24.9 Å². The van der Waals surface area contributed by atoms with Crippen molar-refractivity contribution in [2.45, 2.75) is 30.6 Å². The van der Waals surface area contributed by atoms with E-state index in [0.717, 1.165) is 17.3 Å². The summed E-state index contributed by atoms with van der Waals surface area (Å²) in [7, 11) is 3.82. The molecule has 1 fully saturated rings. The zero-order valence-corrected chi connectivity index (χ0v) is 15.5. The molecule has 2 rings (SSSR count). The van der Waals surface area contributed by atoms with Crippen LogP contribution in [0, 0.1) is 0 Å². The third-order valence-electron chi connectivity index (χ3n) is 4.24. The molecule has 1 heterocycles. The van der Waals surface area contributed by atoms with Crippen LogP contribution in [0.4, 0.5) is 10.5 Å². The number of rotatable bonds is 5. The molecule has 28 heavy (non-hydrogen) atoms. The van der Waals surface area contributed by atoms with E-state index < -0.39 is 49.2 Å². The number of nitrogens with zero attached hydrogens (tertiary/aromatic N) is 1. The molecule has 10 nitrogen and oxygen atoms in total. The van der Waals surface area contributed by atoms with Crippen molar-refractivity contribution in [2.75, 3.05) is 25.6 Å². The summed E-state index contributed by atoms with van der Waals surface area (Å²) in [6.07, 6.45) is -4.69. The number of benzene rings is 1. The fourth-order valence-electron chi connectivity index (χ4n) is 2.60. The second-order valence-electron chi connectivity index (χ2n) is 6.53. The van der Waals surface area contributed by atoms with Gasteiger partial charge in [0.2, 0.25) is 0 Å². The smallest absolute Gasteiger partial charge is 0.323 e. The van der Waals surface area contributed by atoms with Gasteiger partial charge in [0.1, 0.15) is 24.4 Å². The molecular weight excluding hydrogens is 370 g/mol. The quantitative estimate of drug-likeness (QED) is 0.326. The van der Waals surface area contributed by atoms with E-state index in [2.05, 4.69) is 5.32 Å². The number of carbonyl (C=O) groups excluding carboxylic acids is 2. The number of aliphatic hydroxyl groups excluding tert-OH is 4. The lowest BCUT2D eigenvalue weighted by molar-refractivity contribution is -0.233. The molecule has 154 valence electrons. The predicted molar refractivity (Wildman–Crippen MR) is 100 cm³/mol. The Morgan fingerprint density at radius 2 is 1.75 bits per heavy atom. The van der Waals surface area contributed by atoms with Gasteiger partial charge >= 0.3 is 6.03 Å². The molecule has 1 aromatic rings. The van der Waals surface area contributed by atoms with Crippen LogP contribution in [0.25, 0.3) is 6.08 Å². The topological polar surface area (TPSA) is 152 Å². The molecule has 0 spiro atoms. The van der Waals surface area contributed by atoms with E-state index in [0.29, 0.717) is 0 Å². The first-order valence-corrected chi connectivity index (χ1v) is 8.60. The number of aliphatic hydroxyl groups is 4. The highest BCUT2D eigenvalue weighted by atomic mass is 16.6. The zero-order chi connectivity index (χ0) is 20.8. The standard InChI is InChI=1S/C18H25N3O7/c1-21(2)11-6-3-10(4-7-11)5-8-13(23)19-18(27)20-17-16(26)15(25)14(24)12(9-22)28-17/h3-8,12,14-17,22,24-26H,9H2,1-2H3,(H2,19,20,23,27). The Kier molecular flexibility index (Phi) is 7.49. The number of carbonyl (C=O) groups is 2. The summed E-state index contributed by atoms with van der Waals surface area (Å²) in [4.78, 5) is 25.7. The third-order valence-corrected chi connectivity index (χ3v) is 4.24. The van der Waals surface area contributed by atoms with Crippen molar-refractivity contribution in [2.24, 2.45) is 0 Å². The molecule has 0 bridgehead atoms. The fraction of sp³-hybridized carbons (Fsp3) is 0.444. The van der Waals surface area contributed by atoms with E-state index in [4.69, 9.17) is 9.84 Å². The van der Waals surface area contributed by atoms with Crippen LogP contribution < -0.4 is 15.5 Å². The van der Waals surface area contributed by atoms with E-state index in [-0.39, 0.29) is 0 Å². The summed E-state index contributed by atoms with van der Waals surface area (Å²) in [5.41, 5.74) is 1.76. The first-order chi connectivity index (χ1) is 13.2. The Morgan fingerprint density at radius 1 is 1.11 bits per heavy atom. The van der Waals surface area contributed by atoms with E-state index in [1.807, 2.05) is 48.6 Å². The highest BCUT2D eigenvalue weighted by Crippen LogP contribution is 2.19. The lowest BCUT2D eigenvalue weighted by atomic mass is 9.98. The Morgan fingerprint density at radius 3 is 2.32 bits per heavy atom. The highest BCUT2D eigenvalue weighted by Gasteiger charge is 2.44. The SMILES string of the molecule is CN(C)c1ccc(C=CC(=O)NC(=O)NC2OC(CO)C(O)C(O)C2O)cc1. The molecule has 0 radical (unpaired) electrons. The van der Waals surface area contributed by atoms with Crippen molar-refractivity contribution >= 4 is 23.7 Å². The molecular formula is C18H25N3O7. The number of hydrogen-bond acceptors (Lipinski definition) is 8. The van der Waals surface area contributed by atoms with Gasteiger partial charge in [-0.25, -0.2) is 4.79 Å². The third kappa shape index (κ3) is 5.50. The van der Waals surface area contributed by atoms with Gasteiger partial charge in [0.05, 0.1) is 6.61 Å². The van der Waals surface area contributed by atoms with E-state index in [1.54, 1.807) is 0 Å². The van der Waals surface area contributed by atoms with Crippen molar-refractivity contribution in [1.29, 1.82) is 0 Å². The average Bonchev–Trinajstić information content (AvgIpc) is 2.67. The van der Waals surface area contributed by atoms with Crippen LogP contribution in [0.3, 0.4) is 0 Å². The number of nitrogens with one attached hydrogen (secondary N) is 2. The normalized spacial score (nSPS) is 27.4. The minimum absolute atomic E-state index is 0.626. The largest absolute Gasteiger partial charge is 0.394 e. The van der Waals surface area contributed by atoms with Crippen LogP contribution in [-0.4, -0.2) is 83.7 Å². The summed E-state index contributed by atoms with van der Waals surface area (Å²) < 4.78 is 5.13. The Labute approximate surface area is 162 Å². The predicted octanol–water partition coefficient (Wildman–Crippen LogP) is -1.61. The van der Waals surface area contributed by atoms with Gasteiger partial charge < -0.3 is 35.4 Å². The van der Waals surface area contributed by atoms with Crippen molar-refractivity contribution < 1.29 is 34.8 Å². The van der Waals surface area contributed by atoms with Crippen LogP contribution in [0.15, 0.2) is 30.3 Å². The van der Waals surface area contributed by atoms with Gasteiger partial charge in [0.15, 0.2) is 6.23 Å². The number of urea groups is 1. The maximum atomic E-state index is 11.9. The van der Waals surface area contributed by atoms with Crippen LogP contribution in [0.2, 0.25) is 0 Å². The van der Waals surface area contributed by atoms with Crippen LogP contribution in [0.5, 0.6) is 0 Å². The Bertz CT molecular complexity index is 706. The number of amides is 3. The molecule has 1 saturated heterocycles. The summed E-state index contributed by atoms with van der Waals surface area (Å²) in [5.74, 6) is -0.709. The molecule has 0 aromatic heterocycles. The Balaban J connectivity index is 1.88. The van der Waals surface area contributed by atoms with Gasteiger partial charge in [-0.1, -0.05) is 12.1 Å². The van der Waals surface area contributed by atoms with Crippen molar-refractivity contribution in [3.8, 4) is 0 Å². The van der Waals surface area contributed by atoms with Crippen molar-refractivity contribution in [3.05, 3.63) is 35.9 Å². The minimum Gasteiger partial charge on any atom is -0.394 e. The number of anilines is 1. The molecule has 10 heteroatoms. The first-order valence-electron chi connectivity index (χ1n) is 8.60. The van der Waals surface area contributed by atoms with Gasteiger partial charge in [-0.15, -0.1) is 0 Å². The van der Waals surface area contributed by atoms with Gasteiger partial charge in [0.25, 0.3) is 5.91 Å².